The van der Waals surface area contributed by atoms with Gasteiger partial charge in [-0.1, -0.05) is 18.2 Å². The molecule has 172 valence electrons. The number of aromatic hydroxyl groups is 1. The second kappa shape index (κ2) is 7.84. The molecule has 2 aromatic heterocycles. The van der Waals surface area contributed by atoms with E-state index in [9.17, 15) is 19.8 Å². The van der Waals surface area contributed by atoms with Crippen LogP contribution in [0.3, 0.4) is 0 Å². The Hall–Kier alpha value is -4.46. The Morgan fingerprint density at radius 1 is 1.03 bits per heavy atom. The molecule has 5 rings (SSSR count). The van der Waals surface area contributed by atoms with Gasteiger partial charge in [0.2, 0.25) is 5.78 Å². The highest BCUT2D eigenvalue weighted by Gasteiger charge is 2.47. The minimum atomic E-state index is -1.11. The Labute approximate surface area is 194 Å². The first kappa shape index (κ1) is 21.4. The maximum absolute atomic E-state index is 13.7. The van der Waals surface area contributed by atoms with Crippen LogP contribution in [0, 0.1) is 13.8 Å². The summed E-state index contributed by atoms with van der Waals surface area (Å²) in [5.41, 5.74) is 1.08. The van der Waals surface area contributed by atoms with Crippen molar-refractivity contribution in [2.75, 3.05) is 12.0 Å². The number of aliphatic hydroxyl groups excluding tert-OH is 1. The number of para-hydroxylation sites is 1. The van der Waals surface area contributed by atoms with Crippen LogP contribution < -0.4 is 9.64 Å². The Kier molecular flexibility index (Phi) is 4.93. The summed E-state index contributed by atoms with van der Waals surface area (Å²) in [7, 11) is 1.49. The molecule has 3 heterocycles. The molecule has 0 radical (unpaired) electrons. The number of phenols is 1. The first-order valence-electron chi connectivity index (χ1n) is 10.5. The molecule has 0 spiro atoms. The molecule has 0 bridgehead atoms. The molecule has 4 aromatic rings. The number of furan rings is 2. The maximum atomic E-state index is 13.7. The number of ether oxygens (including phenoxy) is 1. The number of ketones is 1. The number of Topliss-reactive ketones (excluding diaryl/α,β-unsaturated/α-hetero) is 1. The number of methoxy groups -OCH3 is 1. The van der Waals surface area contributed by atoms with E-state index in [1.54, 1.807) is 56.3 Å². The smallest absolute Gasteiger partial charge is 0.294 e. The molecule has 0 saturated heterocycles. The van der Waals surface area contributed by atoms with Gasteiger partial charge >= 0.3 is 0 Å². The third-order valence-electron chi connectivity index (χ3n) is 5.83. The summed E-state index contributed by atoms with van der Waals surface area (Å²) in [6.45, 7) is 3.53. The number of nitrogens with zero attached hydrogens (tertiary/aromatic N) is 1. The summed E-state index contributed by atoms with van der Waals surface area (Å²) in [4.78, 5) is 28.1. The van der Waals surface area contributed by atoms with Crippen LogP contribution in [0.5, 0.6) is 11.5 Å². The van der Waals surface area contributed by atoms with Crippen LogP contribution in [0.25, 0.3) is 11.0 Å². The standard InChI is InChI=1S/C26H21NO7/c1-13-7-9-17(28)16(11-13)27-22(18-10-8-14(2)33-18)21(24(30)26(27)31)23(29)20-12-15-5-4-6-19(32-3)25(15)34-20/h4-12,22,28,30H,1-3H3. The molecule has 1 unspecified atom stereocenters. The molecule has 1 aliphatic heterocycles. The van der Waals surface area contributed by atoms with Gasteiger partial charge in [-0.05, 0) is 55.8 Å². The molecule has 1 amide bonds. The Morgan fingerprint density at radius 3 is 2.53 bits per heavy atom. The van der Waals surface area contributed by atoms with Gasteiger partial charge in [-0.25, -0.2) is 0 Å². The molecule has 1 aliphatic rings. The van der Waals surface area contributed by atoms with Gasteiger partial charge in [0, 0.05) is 5.39 Å². The predicted molar refractivity (Wildman–Crippen MR) is 123 cm³/mol. The van der Waals surface area contributed by atoms with Crippen molar-refractivity contribution in [2.45, 2.75) is 19.9 Å². The minimum absolute atomic E-state index is 0.0718. The van der Waals surface area contributed by atoms with Crippen molar-refractivity contribution in [3.63, 3.8) is 0 Å². The van der Waals surface area contributed by atoms with Gasteiger partial charge in [-0.3, -0.25) is 14.5 Å². The van der Waals surface area contributed by atoms with Gasteiger partial charge in [0.25, 0.3) is 5.91 Å². The lowest BCUT2D eigenvalue weighted by atomic mass is 9.99. The van der Waals surface area contributed by atoms with Gasteiger partial charge in [0.15, 0.2) is 22.9 Å². The largest absolute Gasteiger partial charge is 0.506 e. The van der Waals surface area contributed by atoms with E-state index < -0.39 is 23.5 Å². The van der Waals surface area contributed by atoms with Crippen LogP contribution in [-0.4, -0.2) is 29.0 Å². The number of phenolic OH excluding ortho intramolecular Hbond substituents is 1. The highest BCUT2D eigenvalue weighted by Crippen LogP contribution is 2.45. The number of aryl methyl sites for hydroxylation is 2. The average molecular weight is 459 g/mol. The summed E-state index contributed by atoms with van der Waals surface area (Å²) in [5.74, 6) is -1.25. The fraction of sp³-hybridized carbons (Fsp3) is 0.154. The van der Waals surface area contributed by atoms with Crippen molar-refractivity contribution in [3.8, 4) is 11.5 Å². The first-order valence-corrected chi connectivity index (χ1v) is 10.5. The van der Waals surface area contributed by atoms with Gasteiger partial charge in [0.05, 0.1) is 18.4 Å². The number of carbonyl (C=O) groups is 2. The van der Waals surface area contributed by atoms with E-state index in [-0.39, 0.29) is 28.5 Å². The highest BCUT2D eigenvalue weighted by atomic mass is 16.5. The fourth-order valence-electron chi connectivity index (χ4n) is 4.22. The van der Waals surface area contributed by atoms with E-state index in [0.29, 0.717) is 22.5 Å². The molecule has 2 aromatic carbocycles. The fourth-order valence-corrected chi connectivity index (χ4v) is 4.22. The number of hydrogen-bond acceptors (Lipinski definition) is 7. The van der Waals surface area contributed by atoms with E-state index in [4.69, 9.17) is 13.6 Å². The van der Waals surface area contributed by atoms with Crippen molar-refractivity contribution in [3.05, 3.63) is 88.8 Å². The van der Waals surface area contributed by atoms with E-state index in [0.717, 1.165) is 10.5 Å². The zero-order chi connectivity index (χ0) is 24.1. The number of hydrogen-bond donors (Lipinski definition) is 2. The summed E-state index contributed by atoms with van der Waals surface area (Å²) in [5, 5.41) is 22.0. The van der Waals surface area contributed by atoms with Crippen LogP contribution in [0.2, 0.25) is 0 Å². The molecule has 8 heteroatoms. The molecule has 0 saturated carbocycles. The summed E-state index contributed by atoms with van der Waals surface area (Å²) >= 11 is 0. The quantitative estimate of drug-likeness (QED) is 0.397. The van der Waals surface area contributed by atoms with Crippen LogP contribution in [0.1, 0.15) is 33.7 Å². The lowest BCUT2D eigenvalue weighted by Gasteiger charge is -2.25. The first-order chi connectivity index (χ1) is 16.3. The van der Waals surface area contributed by atoms with E-state index in [1.165, 1.54) is 19.2 Å². The number of anilines is 1. The van der Waals surface area contributed by atoms with Crippen LogP contribution >= 0.6 is 0 Å². The minimum Gasteiger partial charge on any atom is -0.506 e. The number of fused-ring (bicyclic) bond motifs is 1. The second-order valence-electron chi connectivity index (χ2n) is 8.10. The molecule has 0 fully saturated rings. The van der Waals surface area contributed by atoms with E-state index in [1.807, 2.05) is 0 Å². The predicted octanol–water partition coefficient (Wildman–Crippen LogP) is 5.14. The lowest BCUT2D eigenvalue weighted by Crippen LogP contribution is -2.31. The maximum Gasteiger partial charge on any atom is 0.294 e. The highest BCUT2D eigenvalue weighted by molar-refractivity contribution is 6.21. The molecule has 34 heavy (non-hydrogen) atoms. The summed E-state index contributed by atoms with van der Waals surface area (Å²) < 4.78 is 16.9. The molecular formula is C26H21NO7. The van der Waals surface area contributed by atoms with Crippen molar-refractivity contribution in [1.29, 1.82) is 0 Å². The van der Waals surface area contributed by atoms with Gasteiger partial charge in [-0.15, -0.1) is 0 Å². The molecule has 8 nitrogen and oxygen atoms in total. The number of aliphatic hydroxyl groups is 1. The zero-order valence-electron chi connectivity index (χ0n) is 18.7. The third kappa shape index (κ3) is 3.23. The molecule has 1 atom stereocenters. The lowest BCUT2D eigenvalue weighted by molar-refractivity contribution is -0.117. The summed E-state index contributed by atoms with van der Waals surface area (Å²) in [6, 6.07) is 13.7. The number of rotatable bonds is 5. The van der Waals surface area contributed by atoms with Crippen molar-refractivity contribution in [1.82, 2.24) is 0 Å². The number of carbonyl (C=O) groups excluding carboxylic acids is 2. The molecular weight excluding hydrogens is 438 g/mol. The van der Waals surface area contributed by atoms with Gasteiger partial charge < -0.3 is 23.8 Å². The van der Waals surface area contributed by atoms with Crippen molar-refractivity contribution < 1.29 is 33.4 Å². The van der Waals surface area contributed by atoms with E-state index in [2.05, 4.69) is 0 Å². The Bertz CT molecular complexity index is 1490. The number of amides is 1. The van der Waals surface area contributed by atoms with Crippen LogP contribution in [-0.2, 0) is 4.79 Å². The zero-order valence-corrected chi connectivity index (χ0v) is 18.7. The van der Waals surface area contributed by atoms with E-state index >= 15 is 0 Å². The Balaban J connectivity index is 1.68. The van der Waals surface area contributed by atoms with Gasteiger partial charge in [0.1, 0.15) is 23.3 Å². The van der Waals surface area contributed by atoms with Crippen molar-refractivity contribution in [2.24, 2.45) is 0 Å². The topological polar surface area (TPSA) is 113 Å². The second-order valence-corrected chi connectivity index (χ2v) is 8.10. The van der Waals surface area contributed by atoms with Crippen molar-refractivity contribution >= 4 is 28.3 Å². The Morgan fingerprint density at radius 2 is 1.82 bits per heavy atom. The SMILES string of the molecule is COc1cccc2cc(C(=O)C3=C(O)C(=O)N(c4cc(C)ccc4O)C3c3ccc(C)o3)oc12. The van der Waals surface area contributed by atoms with Crippen LogP contribution in [0.4, 0.5) is 5.69 Å². The van der Waals surface area contributed by atoms with Gasteiger partial charge in [-0.2, -0.15) is 0 Å². The number of benzene rings is 2. The summed E-state index contributed by atoms with van der Waals surface area (Å²) in [6.07, 6.45) is 0. The monoisotopic (exact) mass is 459 g/mol. The molecule has 0 aliphatic carbocycles. The average Bonchev–Trinajstić information content (AvgIpc) is 3.51. The van der Waals surface area contributed by atoms with Crippen LogP contribution in [0.15, 0.2) is 74.8 Å². The molecule has 2 N–H and O–H groups in total. The normalized spacial score (nSPS) is 16.0. The third-order valence-corrected chi connectivity index (χ3v) is 5.83.